The zero-order valence-corrected chi connectivity index (χ0v) is 7.00. The van der Waals surface area contributed by atoms with Crippen molar-refractivity contribution in [3.63, 3.8) is 0 Å². The quantitative estimate of drug-likeness (QED) is 0.575. The van der Waals surface area contributed by atoms with Crippen LogP contribution in [-0.2, 0) is 0 Å². The highest BCUT2D eigenvalue weighted by Gasteiger charge is 2.23. The molecule has 0 aromatic rings. The van der Waals surface area contributed by atoms with Gasteiger partial charge in [-0.05, 0) is 18.8 Å². The molecule has 1 aliphatic rings. The smallest absolute Gasteiger partial charge is 0.0558 e. The largest absolute Gasteiger partial charge is 0.395 e. The molecular formula is C9H17NO. The van der Waals surface area contributed by atoms with E-state index in [9.17, 15) is 0 Å². The first kappa shape index (κ1) is 8.75. The monoisotopic (exact) mass is 155 g/mol. The van der Waals surface area contributed by atoms with Gasteiger partial charge in [-0.3, -0.25) is 4.90 Å². The molecule has 0 spiro atoms. The Kier molecular flexibility index (Phi) is 3.60. The molecule has 11 heavy (non-hydrogen) atoms. The van der Waals surface area contributed by atoms with Gasteiger partial charge in [-0.15, -0.1) is 6.58 Å². The van der Waals surface area contributed by atoms with Crippen molar-refractivity contribution in [2.24, 2.45) is 5.92 Å². The average Bonchev–Trinajstić information content (AvgIpc) is 2.73. The molecule has 0 radical (unpaired) electrons. The Labute approximate surface area is 68.5 Å². The van der Waals surface area contributed by atoms with Crippen molar-refractivity contribution in [1.29, 1.82) is 0 Å². The summed E-state index contributed by atoms with van der Waals surface area (Å²) in [7, 11) is 0. The van der Waals surface area contributed by atoms with E-state index in [0.29, 0.717) is 0 Å². The van der Waals surface area contributed by atoms with Gasteiger partial charge in [-0.25, -0.2) is 0 Å². The molecule has 1 aliphatic carbocycles. The highest BCUT2D eigenvalue weighted by molar-refractivity contribution is 4.80. The van der Waals surface area contributed by atoms with Gasteiger partial charge in [0.15, 0.2) is 0 Å². The molecule has 1 N–H and O–H groups in total. The van der Waals surface area contributed by atoms with E-state index >= 15 is 0 Å². The third-order valence-electron chi connectivity index (χ3n) is 2.02. The SMILES string of the molecule is C=CCN(CCO)CC1CC1. The van der Waals surface area contributed by atoms with Crippen LogP contribution in [-0.4, -0.2) is 36.2 Å². The molecule has 2 nitrogen and oxygen atoms in total. The number of rotatable bonds is 6. The number of hydrogen-bond donors (Lipinski definition) is 1. The third kappa shape index (κ3) is 3.54. The van der Waals surface area contributed by atoms with Gasteiger partial charge < -0.3 is 5.11 Å². The molecule has 1 fully saturated rings. The summed E-state index contributed by atoms with van der Waals surface area (Å²) in [4.78, 5) is 2.25. The van der Waals surface area contributed by atoms with E-state index in [2.05, 4.69) is 11.5 Å². The molecule has 0 aromatic carbocycles. The van der Waals surface area contributed by atoms with Crippen molar-refractivity contribution >= 4 is 0 Å². The van der Waals surface area contributed by atoms with E-state index in [-0.39, 0.29) is 6.61 Å². The van der Waals surface area contributed by atoms with Crippen LogP contribution >= 0.6 is 0 Å². The van der Waals surface area contributed by atoms with Gasteiger partial charge in [-0.2, -0.15) is 0 Å². The van der Waals surface area contributed by atoms with Crippen LogP contribution in [0.4, 0.5) is 0 Å². The molecule has 0 heterocycles. The normalized spacial score (nSPS) is 17.3. The molecule has 2 heteroatoms. The lowest BCUT2D eigenvalue weighted by molar-refractivity contribution is 0.203. The highest BCUT2D eigenvalue weighted by Crippen LogP contribution is 2.29. The van der Waals surface area contributed by atoms with Crippen LogP contribution in [0.15, 0.2) is 12.7 Å². The molecule has 64 valence electrons. The fourth-order valence-electron chi connectivity index (χ4n) is 1.25. The summed E-state index contributed by atoms with van der Waals surface area (Å²) >= 11 is 0. The standard InChI is InChI=1S/C9H17NO/c1-2-5-10(6-7-11)8-9-3-4-9/h2,9,11H,1,3-8H2. The molecule has 1 rings (SSSR count). The number of nitrogens with zero attached hydrogens (tertiary/aromatic N) is 1. The van der Waals surface area contributed by atoms with E-state index in [1.165, 1.54) is 12.8 Å². The zero-order valence-electron chi connectivity index (χ0n) is 7.00. The van der Waals surface area contributed by atoms with Crippen LogP contribution in [0, 0.1) is 5.92 Å². The minimum absolute atomic E-state index is 0.264. The van der Waals surface area contributed by atoms with Crippen LogP contribution in [0.5, 0.6) is 0 Å². The lowest BCUT2D eigenvalue weighted by Gasteiger charge is -2.18. The second-order valence-electron chi connectivity index (χ2n) is 3.22. The number of aliphatic hydroxyl groups is 1. The summed E-state index contributed by atoms with van der Waals surface area (Å²) in [6, 6.07) is 0. The van der Waals surface area contributed by atoms with Crippen LogP contribution in [0.25, 0.3) is 0 Å². The zero-order chi connectivity index (χ0) is 8.10. The van der Waals surface area contributed by atoms with Crippen molar-refractivity contribution in [2.75, 3.05) is 26.2 Å². The second-order valence-corrected chi connectivity index (χ2v) is 3.22. The molecule has 0 unspecified atom stereocenters. The second kappa shape index (κ2) is 4.52. The van der Waals surface area contributed by atoms with Gasteiger partial charge in [0.1, 0.15) is 0 Å². The Morgan fingerprint density at radius 2 is 2.27 bits per heavy atom. The van der Waals surface area contributed by atoms with E-state index in [4.69, 9.17) is 5.11 Å². The van der Waals surface area contributed by atoms with Gasteiger partial charge in [0.2, 0.25) is 0 Å². The van der Waals surface area contributed by atoms with Crippen LogP contribution < -0.4 is 0 Å². The summed E-state index contributed by atoms with van der Waals surface area (Å²) in [5, 5.41) is 8.72. The van der Waals surface area contributed by atoms with Crippen LogP contribution in [0.3, 0.4) is 0 Å². The molecule has 1 saturated carbocycles. The fourth-order valence-corrected chi connectivity index (χ4v) is 1.25. The molecule has 0 aliphatic heterocycles. The minimum atomic E-state index is 0.264. The van der Waals surface area contributed by atoms with Gasteiger partial charge in [0.25, 0.3) is 0 Å². The van der Waals surface area contributed by atoms with Gasteiger partial charge >= 0.3 is 0 Å². The summed E-state index contributed by atoms with van der Waals surface area (Å²) in [6.07, 6.45) is 4.65. The molecule has 0 bridgehead atoms. The van der Waals surface area contributed by atoms with Crippen LogP contribution in [0.1, 0.15) is 12.8 Å². The summed E-state index contributed by atoms with van der Waals surface area (Å²) in [5.41, 5.74) is 0. The Morgan fingerprint density at radius 1 is 1.55 bits per heavy atom. The first-order valence-corrected chi connectivity index (χ1v) is 4.31. The van der Waals surface area contributed by atoms with Gasteiger partial charge in [0.05, 0.1) is 6.61 Å². The first-order chi connectivity index (χ1) is 5.36. The Morgan fingerprint density at radius 3 is 2.73 bits per heavy atom. The highest BCUT2D eigenvalue weighted by atomic mass is 16.3. The predicted octanol–water partition coefficient (Wildman–Crippen LogP) is 0.877. The van der Waals surface area contributed by atoms with Crippen molar-refractivity contribution in [3.8, 4) is 0 Å². The number of hydrogen-bond acceptors (Lipinski definition) is 2. The Bertz CT molecular complexity index is 121. The molecule has 0 atom stereocenters. The molecule has 0 saturated heterocycles. The first-order valence-electron chi connectivity index (χ1n) is 4.31. The van der Waals surface area contributed by atoms with Crippen LogP contribution in [0.2, 0.25) is 0 Å². The topological polar surface area (TPSA) is 23.5 Å². The van der Waals surface area contributed by atoms with E-state index < -0.39 is 0 Å². The minimum Gasteiger partial charge on any atom is -0.395 e. The van der Waals surface area contributed by atoms with Gasteiger partial charge in [0, 0.05) is 19.6 Å². The third-order valence-corrected chi connectivity index (χ3v) is 2.02. The van der Waals surface area contributed by atoms with Gasteiger partial charge in [-0.1, -0.05) is 6.08 Å². The van der Waals surface area contributed by atoms with Crippen molar-refractivity contribution in [1.82, 2.24) is 4.90 Å². The maximum absolute atomic E-state index is 8.72. The summed E-state index contributed by atoms with van der Waals surface area (Å²) in [5.74, 6) is 0.904. The summed E-state index contributed by atoms with van der Waals surface area (Å²) < 4.78 is 0. The Balaban J connectivity index is 2.13. The van der Waals surface area contributed by atoms with E-state index in [1.807, 2.05) is 6.08 Å². The Hall–Kier alpha value is -0.340. The lowest BCUT2D eigenvalue weighted by atomic mass is 10.3. The molecular weight excluding hydrogens is 138 g/mol. The fraction of sp³-hybridized carbons (Fsp3) is 0.778. The maximum Gasteiger partial charge on any atom is 0.0558 e. The van der Waals surface area contributed by atoms with E-state index in [0.717, 1.165) is 25.6 Å². The molecule has 0 amide bonds. The van der Waals surface area contributed by atoms with E-state index in [1.54, 1.807) is 0 Å². The predicted molar refractivity (Wildman–Crippen MR) is 46.4 cm³/mol. The lowest BCUT2D eigenvalue weighted by Crippen LogP contribution is -2.29. The van der Waals surface area contributed by atoms with Crippen molar-refractivity contribution < 1.29 is 5.11 Å². The van der Waals surface area contributed by atoms with Crippen molar-refractivity contribution in [3.05, 3.63) is 12.7 Å². The average molecular weight is 155 g/mol. The maximum atomic E-state index is 8.72. The van der Waals surface area contributed by atoms with Crippen molar-refractivity contribution in [2.45, 2.75) is 12.8 Å². The number of aliphatic hydroxyl groups excluding tert-OH is 1. The summed E-state index contributed by atoms with van der Waals surface area (Å²) in [6.45, 7) is 6.80. The molecule has 0 aromatic heterocycles.